The molecule has 2 aromatic rings. The van der Waals surface area contributed by atoms with Gasteiger partial charge in [-0.1, -0.05) is 30.3 Å². The number of carbonyl (C=O) groups excluding carboxylic acids is 1. The zero-order valence-electron chi connectivity index (χ0n) is 16.2. The molecule has 0 saturated heterocycles. The van der Waals surface area contributed by atoms with Gasteiger partial charge in [0, 0.05) is 25.2 Å². The van der Waals surface area contributed by atoms with Crippen molar-refractivity contribution in [1.82, 2.24) is 4.90 Å². The SMILES string of the molecule is CN=C(/C=C(\C)C(F)(F)F)c1ccc(C(=O)N(Cc2ccccc2)C(C)C)s1. The summed E-state index contributed by atoms with van der Waals surface area (Å²) in [5, 5.41) is 0. The average Bonchev–Trinajstić information content (AvgIpc) is 3.13. The second-order valence-corrected chi connectivity index (χ2v) is 7.69. The van der Waals surface area contributed by atoms with Gasteiger partial charge in [-0.2, -0.15) is 13.2 Å². The van der Waals surface area contributed by atoms with Crippen molar-refractivity contribution in [2.75, 3.05) is 7.05 Å². The minimum Gasteiger partial charge on any atom is -0.331 e. The zero-order valence-corrected chi connectivity index (χ0v) is 17.1. The Bertz CT molecular complexity index is 867. The Kier molecular flexibility index (Phi) is 7.18. The van der Waals surface area contributed by atoms with Crippen molar-refractivity contribution < 1.29 is 18.0 Å². The molecule has 1 heterocycles. The van der Waals surface area contributed by atoms with Crippen LogP contribution in [0.2, 0.25) is 0 Å². The fourth-order valence-electron chi connectivity index (χ4n) is 2.53. The molecule has 2 rings (SSSR count). The molecular formula is C21H23F3N2OS. The van der Waals surface area contributed by atoms with Gasteiger partial charge in [-0.15, -0.1) is 11.3 Å². The summed E-state index contributed by atoms with van der Waals surface area (Å²) in [6, 6.07) is 12.9. The Morgan fingerprint density at radius 3 is 2.29 bits per heavy atom. The number of benzene rings is 1. The van der Waals surface area contributed by atoms with Crippen LogP contribution in [-0.2, 0) is 6.54 Å². The standard InChI is InChI=1S/C21H23F3N2OS/c1-14(2)26(13-16-8-6-5-7-9-16)20(27)19-11-10-18(28-19)17(25-4)12-15(3)21(22,23)24/h5-12,14H,13H2,1-4H3/b15-12+,25-17?. The summed E-state index contributed by atoms with van der Waals surface area (Å²) in [7, 11) is 1.44. The molecule has 0 spiro atoms. The van der Waals surface area contributed by atoms with Crippen LogP contribution in [0.15, 0.2) is 59.1 Å². The number of nitrogens with zero attached hydrogens (tertiary/aromatic N) is 2. The van der Waals surface area contributed by atoms with E-state index in [9.17, 15) is 18.0 Å². The van der Waals surface area contributed by atoms with Crippen LogP contribution < -0.4 is 0 Å². The van der Waals surface area contributed by atoms with E-state index < -0.39 is 11.7 Å². The van der Waals surface area contributed by atoms with Crippen molar-refractivity contribution in [3.05, 3.63) is 69.4 Å². The Morgan fingerprint density at radius 1 is 1.14 bits per heavy atom. The topological polar surface area (TPSA) is 32.7 Å². The first-order valence-corrected chi connectivity index (χ1v) is 9.62. The number of hydrogen-bond acceptors (Lipinski definition) is 3. The highest BCUT2D eigenvalue weighted by atomic mass is 32.1. The smallest absolute Gasteiger partial charge is 0.331 e. The number of allylic oxidation sites excluding steroid dienone is 2. The number of hydrogen-bond donors (Lipinski definition) is 0. The first kappa shape index (κ1) is 21.9. The second-order valence-electron chi connectivity index (χ2n) is 6.61. The summed E-state index contributed by atoms with van der Waals surface area (Å²) in [4.78, 5) is 19.7. The van der Waals surface area contributed by atoms with Crippen molar-refractivity contribution in [2.24, 2.45) is 4.99 Å². The third-order valence-corrected chi connectivity index (χ3v) is 5.29. The molecular weight excluding hydrogens is 385 g/mol. The molecule has 1 aromatic heterocycles. The predicted molar refractivity (Wildman–Crippen MR) is 108 cm³/mol. The monoisotopic (exact) mass is 408 g/mol. The summed E-state index contributed by atoms with van der Waals surface area (Å²) in [5.41, 5.74) is 0.487. The molecule has 0 unspecified atom stereocenters. The lowest BCUT2D eigenvalue weighted by atomic mass is 10.1. The highest BCUT2D eigenvalue weighted by Crippen LogP contribution is 2.27. The fraction of sp³-hybridized carbons (Fsp3) is 0.333. The zero-order chi connectivity index (χ0) is 20.9. The molecule has 0 N–H and O–H groups in total. The van der Waals surface area contributed by atoms with Gasteiger partial charge in [0.15, 0.2) is 0 Å². The predicted octanol–water partition coefficient (Wildman–Crippen LogP) is 5.73. The number of amides is 1. The van der Waals surface area contributed by atoms with Crippen molar-refractivity contribution >= 4 is 23.0 Å². The molecule has 1 amide bonds. The van der Waals surface area contributed by atoms with Gasteiger partial charge in [-0.3, -0.25) is 9.79 Å². The van der Waals surface area contributed by atoms with E-state index in [0.29, 0.717) is 16.3 Å². The number of thiophene rings is 1. The van der Waals surface area contributed by atoms with E-state index in [2.05, 4.69) is 4.99 Å². The minimum atomic E-state index is -4.41. The van der Waals surface area contributed by atoms with E-state index in [-0.39, 0.29) is 17.7 Å². The van der Waals surface area contributed by atoms with Crippen molar-refractivity contribution in [3.63, 3.8) is 0 Å². The quantitative estimate of drug-likeness (QED) is 0.562. The first-order valence-electron chi connectivity index (χ1n) is 8.81. The van der Waals surface area contributed by atoms with Gasteiger partial charge in [0.1, 0.15) is 0 Å². The molecule has 28 heavy (non-hydrogen) atoms. The highest BCUT2D eigenvalue weighted by Gasteiger charge is 2.30. The maximum absolute atomic E-state index is 13.0. The molecule has 0 aliphatic rings. The van der Waals surface area contributed by atoms with E-state index in [1.807, 2.05) is 44.2 Å². The van der Waals surface area contributed by atoms with Gasteiger partial charge in [-0.05, 0) is 44.5 Å². The van der Waals surface area contributed by atoms with E-state index in [1.165, 1.54) is 7.05 Å². The van der Waals surface area contributed by atoms with Crippen LogP contribution >= 0.6 is 11.3 Å². The Labute approximate surface area is 167 Å². The number of rotatable bonds is 6. The van der Waals surface area contributed by atoms with Crippen LogP contribution in [-0.4, -0.2) is 35.8 Å². The molecule has 0 bridgehead atoms. The van der Waals surface area contributed by atoms with Crippen LogP contribution in [0.4, 0.5) is 13.2 Å². The van der Waals surface area contributed by atoms with Crippen LogP contribution in [0, 0.1) is 0 Å². The van der Waals surface area contributed by atoms with Crippen LogP contribution in [0.5, 0.6) is 0 Å². The van der Waals surface area contributed by atoms with Gasteiger partial charge < -0.3 is 4.90 Å². The summed E-state index contributed by atoms with van der Waals surface area (Å²) >= 11 is 1.15. The number of halogens is 3. The Balaban J connectivity index is 2.26. The van der Waals surface area contributed by atoms with Gasteiger partial charge in [0.25, 0.3) is 5.91 Å². The van der Waals surface area contributed by atoms with Crippen LogP contribution in [0.3, 0.4) is 0 Å². The van der Waals surface area contributed by atoms with Crippen molar-refractivity contribution in [2.45, 2.75) is 39.5 Å². The maximum Gasteiger partial charge on any atom is 0.412 e. The summed E-state index contributed by atoms with van der Waals surface area (Å²) in [6.07, 6.45) is -3.40. The molecule has 7 heteroatoms. The third-order valence-electron chi connectivity index (χ3n) is 4.19. The molecule has 0 fully saturated rings. The molecule has 0 saturated carbocycles. The molecule has 0 aliphatic heterocycles. The van der Waals surface area contributed by atoms with Crippen LogP contribution in [0.25, 0.3) is 0 Å². The molecule has 3 nitrogen and oxygen atoms in total. The lowest BCUT2D eigenvalue weighted by Crippen LogP contribution is -2.35. The summed E-state index contributed by atoms with van der Waals surface area (Å²) < 4.78 is 38.4. The fourth-order valence-corrected chi connectivity index (χ4v) is 3.50. The lowest BCUT2D eigenvalue weighted by Gasteiger charge is -2.26. The van der Waals surface area contributed by atoms with Crippen molar-refractivity contribution in [1.29, 1.82) is 0 Å². The van der Waals surface area contributed by atoms with E-state index >= 15 is 0 Å². The number of carbonyl (C=O) groups is 1. The molecule has 0 atom stereocenters. The molecule has 0 radical (unpaired) electrons. The largest absolute Gasteiger partial charge is 0.412 e. The van der Waals surface area contributed by atoms with E-state index in [0.717, 1.165) is 29.9 Å². The maximum atomic E-state index is 13.0. The number of alkyl halides is 3. The first-order chi connectivity index (χ1) is 13.1. The summed E-state index contributed by atoms with van der Waals surface area (Å²) in [6.45, 7) is 5.34. The lowest BCUT2D eigenvalue weighted by molar-refractivity contribution is -0.0912. The third kappa shape index (κ3) is 5.55. The molecule has 1 aromatic carbocycles. The number of aliphatic imine (C=N–C) groups is 1. The summed E-state index contributed by atoms with van der Waals surface area (Å²) in [5.74, 6) is -0.151. The van der Waals surface area contributed by atoms with Gasteiger partial charge in [0.2, 0.25) is 0 Å². The normalized spacial score (nSPS) is 13.1. The molecule has 0 aliphatic carbocycles. The molecule has 150 valence electrons. The second kappa shape index (κ2) is 9.19. The van der Waals surface area contributed by atoms with Gasteiger partial charge in [0.05, 0.1) is 15.5 Å². The average molecular weight is 408 g/mol. The Hall–Kier alpha value is -2.41. The van der Waals surface area contributed by atoms with Gasteiger partial charge in [-0.25, -0.2) is 0 Å². The van der Waals surface area contributed by atoms with Crippen LogP contribution in [0.1, 0.15) is 40.9 Å². The minimum absolute atomic E-state index is 0.0232. The van der Waals surface area contributed by atoms with E-state index in [1.54, 1.807) is 17.0 Å². The van der Waals surface area contributed by atoms with Gasteiger partial charge >= 0.3 is 6.18 Å². The van der Waals surface area contributed by atoms with Crippen molar-refractivity contribution in [3.8, 4) is 0 Å². The Morgan fingerprint density at radius 2 is 1.75 bits per heavy atom. The van der Waals surface area contributed by atoms with E-state index in [4.69, 9.17) is 0 Å². The highest BCUT2D eigenvalue weighted by molar-refractivity contribution is 7.16.